The van der Waals surface area contributed by atoms with Crippen molar-refractivity contribution in [3.05, 3.63) is 29.6 Å². The molecule has 0 aliphatic heterocycles. The third kappa shape index (κ3) is 2.12. The summed E-state index contributed by atoms with van der Waals surface area (Å²) in [5.74, 6) is 2.54. The van der Waals surface area contributed by atoms with E-state index < -0.39 is 0 Å². The number of aryl methyl sites for hydroxylation is 1. The van der Waals surface area contributed by atoms with Crippen molar-refractivity contribution in [3.63, 3.8) is 0 Å². The number of benzene rings is 1. The Hall–Kier alpha value is -1.82. The van der Waals surface area contributed by atoms with Gasteiger partial charge in [-0.1, -0.05) is 13.8 Å². The first kappa shape index (κ1) is 12.2. The van der Waals surface area contributed by atoms with E-state index in [0.29, 0.717) is 11.5 Å². The second-order valence-electron chi connectivity index (χ2n) is 5.56. The zero-order chi connectivity index (χ0) is 13.4. The van der Waals surface area contributed by atoms with Crippen molar-refractivity contribution in [2.24, 2.45) is 5.92 Å². The Morgan fingerprint density at radius 1 is 1.47 bits per heavy atom. The number of nitriles is 1. The standard InChI is InChI=1S/C16H19N3/c1-3-8-19-15-7-4-12(10-17)9-14(15)18-16(19)11(2)13-5-6-13/h4,7,9,11,13H,3,5-6,8H2,1-2H3. The van der Waals surface area contributed by atoms with Crippen LogP contribution in [-0.4, -0.2) is 9.55 Å². The predicted molar refractivity (Wildman–Crippen MR) is 75.9 cm³/mol. The molecule has 1 atom stereocenters. The third-order valence-corrected chi connectivity index (χ3v) is 4.09. The molecule has 0 spiro atoms. The fourth-order valence-corrected chi connectivity index (χ4v) is 2.83. The second-order valence-corrected chi connectivity index (χ2v) is 5.56. The highest BCUT2D eigenvalue weighted by atomic mass is 15.1. The molecule has 1 aromatic carbocycles. The molecule has 0 amide bonds. The monoisotopic (exact) mass is 253 g/mol. The summed E-state index contributed by atoms with van der Waals surface area (Å²) in [6.45, 7) is 5.49. The minimum Gasteiger partial charge on any atom is -0.328 e. The van der Waals surface area contributed by atoms with Gasteiger partial charge < -0.3 is 4.57 Å². The minimum absolute atomic E-state index is 0.532. The first-order valence-corrected chi connectivity index (χ1v) is 7.15. The first-order chi connectivity index (χ1) is 9.24. The van der Waals surface area contributed by atoms with Crippen LogP contribution in [0.15, 0.2) is 18.2 Å². The lowest BCUT2D eigenvalue weighted by Crippen LogP contribution is -2.08. The van der Waals surface area contributed by atoms with Gasteiger partial charge in [0.2, 0.25) is 0 Å². The molecular formula is C16H19N3. The van der Waals surface area contributed by atoms with E-state index >= 15 is 0 Å². The van der Waals surface area contributed by atoms with Crippen LogP contribution >= 0.6 is 0 Å². The number of hydrogen-bond donors (Lipinski definition) is 0. The van der Waals surface area contributed by atoms with E-state index in [1.54, 1.807) is 0 Å². The number of hydrogen-bond acceptors (Lipinski definition) is 2. The summed E-state index contributed by atoms with van der Waals surface area (Å²) in [4.78, 5) is 4.81. The van der Waals surface area contributed by atoms with Gasteiger partial charge in [0.1, 0.15) is 5.82 Å². The van der Waals surface area contributed by atoms with Gasteiger partial charge in [-0.3, -0.25) is 0 Å². The van der Waals surface area contributed by atoms with E-state index in [4.69, 9.17) is 10.2 Å². The van der Waals surface area contributed by atoms with Gasteiger partial charge in [-0.25, -0.2) is 4.98 Å². The highest BCUT2D eigenvalue weighted by Gasteiger charge is 2.32. The van der Waals surface area contributed by atoms with Crippen LogP contribution in [0.25, 0.3) is 11.0 Å². The van der Waals surface area contributed by atoms with Crippen molar-refractivity contribution in [2.45, 2.75) is 45.6 Å². The van der Waals surface area contributed by atoms with Crippen LogP contribution in [-0.2, 0) is 6.54 Å². The SMILES string of the molecule is CCCn1c(C(C)C2CC2)nc2cc(C#N)ccc21. The summed E-state index contributed by atoms with van der Waals surface area (Å²) in [6, 6.07) is 8.03. The van der Waals surface area contributed by atoms with Crippen molar-refractivity contribution in [1.29, 1.82) is 5.26 Å². The van der Waals surface area contributed by atoms with Crippen LogP contribution in [0.2, 0.25) is 0 Å². The molecule has 98 valence electrons. The van der Waals surface area contributed by atoms with Gasteiger partial charge in [0.25, 0.3) is 0 Å². The Bertz CT molecular complexity index is 644. The molecule has 1 heterocycles. The fraction of sp³-hybridized carbons (Fsp3) is 0.500. The molecule has 3 rings (SSSR count). The summed E-state index contributed by atoms with van der Waals surface area (Å²) in [5.41, 5.74) is 2.83. The quantitative estimate of drug-likeness (QED) is 0.831. The molecule has 0 N–H and O–H groups in total. The number of fused-ring (bicyclic) bond motifs is 1. The number of nitrogens with zero attached hydrogens (tertiary/aromatic N) is 3. The van der Waals surface area contributed by atoms with Gasteiger partial charge in [-0.15, -0.1) is 0 Å². The van der Waals surface area contributed by atoms with Crippen molar-refractivity contribution in [3.8, 4) is 6.07 Å². The van der Waals surface area contributed by atoms with Crippen molar-refractivity contribution in [1.82, 2.24) is 9.55 Å². The Kier molecular flexibility index (Phi) is 3.02. The maximum atomic E-state index is 9.00. The zero-order valence-electron chi connectivity index (χ0n) is 11.6. The van der Waals surface area contributed by atoms with E-state index in [9.17, 15) is 0 Å². The minimum atomic E-state index is 0.532. The molecule has 1 aliphatic rings. The van der Waals surface area contributed by atoms with Gasteiger partial charge >= 0.3 is 0 Å². The van der Waals surface area contributed by atoms with E-state index in [2.05, 4.69) is 24.5 Å². The average Bonchev–Trinajstić information content (AvgIpc) is 3.21. The van der Waals surface area contributed by atoms with Crippen LogP contribution in [0, 0.1) is 17.2 Å². The highest BCUT2D eigenvalue weighted by molar-refractivity contribution is 5.78. The normalized spacial score (nSPS) is 16.5. The summed E-state index contributed by atoms with van der Waals surface area (Å²) in [7, 11) is 0. The average molecular weight is 253 g/mol. The van der Waals surface area contributed by atoms with E-state index in [0.717, 1.165) is 24.4 Å². The van der Waals surface area contributed by atoms with Gasteiger partial charge in [0.15, 0.2) is 0 Å². The van der Waals surface area contributed by atoms with Gasteiger partial charge in [-0.2, -0.15) is 5.26 Å². The molecule has 0 saturated heterocycles. The first-order valence-electron chi connectivity index (χ1n) is 7.15. The molecule has 1 aliphatic carbocycles. The van der Waals surface area contributed by atoms with Gasteiger partial charge in [0.05, 0.1) is 22.7 Å². The van der Waals surface area contributed by atoms with E-state index in [1.165, 1.54) is 24.2 Å². The predicted octanol–water partition coefficient (Wildman–Crippen LogP) is 3.83. The van der Waals surface area contributed by atoms with Crippen LogP contribution in [0.3, 0.4) is 0 Å². The lowest BCUT2D eigenvalue weighted by Gasteiger charge is -2.13. The molecule has 1 saturated carbocycles. The number of rotatable bonds is 4. The summed E-state index contributed by atoms with van der Waals surface area (Å²) < 4.78 is 2.35. The van der Waals surface area contributed by atoms with Crippen LogP contribution in [0.4, 0.5) is 0 Å². The Labute approximate surface area is 113 Å². The summed E-state index contributed by atoms with van der Waals surface area (Å²) in [6.07, 6.45) is 3.77. The topological polar surface area (TPSA) is 41.6 Å². The molecule has 19 heavy (non-hydrogen) atoms. The Morgan fingerprint density at radius 2 is 2.26 bits per heavy atom. The maximum absolute atomic E-state index is 9.00. The molecule has 1 unspecified atom stereocenters. The molecule has 3 heteroatoms. The second kappa shape index (κ2) is 4.70. The molecule has 0 bridgehead atoms. The largest absolute Gasteiger partial charge is 0.328 e. The smallest absolute Gasteiger partial charge is 0.112 e. The van der Waals surface area contributed by atoms with Crippen molar-refractivity contribution >= 4 is 11.0 Å². The molecule has 1 fully saturated rings. The highest BCUT2D eigenvalue weighted by Crippen LogP contribution is 2.42. The molecule has 0 radical (unpaired) electrons. The van der Waals surface area contributed by atoms with Gasteiger partial charge in [0, 0.05) is 12.5 Å². The summed E-state index contributed by atoms with van der Waals surface area (Å²) in [5, 5.41) is 9.00. The summed E-state index contributed by atoms with van der Waals surface area (Å²) >= 11 is 0. The van der Waals surface area contributed by atoms with Gasteiger partial charge in [-0.05, 0) is 43.4 Å². The maximum Gasteiger partial charge on any atom is 0.112 e. The van der Waals surface area contributed by atoms with E-state index in [1.807, 2.05) is 18.2 Å². The van der Waals surface area contributed by atoms with Crippen LogP contribution in [0.1, 0.15) is 50.4 Å². The fourth-order valence-electron chi connectivity index (χ4n) is 2.83. The van der Waals surface area contributed by atoms with Crippen molar-refractivity contribution < 1.29 is 0 Å². The Balaban J connectivity index is 2.13. The molecule has 1 aromatic heterocycles. The third-order valence-electron chi connectivity index (χ3n) is 4.09. The van der Waals surface area contributed by atoms with Crippen LogP contribution < -0.4 is 0 Å². The van der Waals surface area contributed by atoms with E-state index in [-0.39, 0.29) is 0 Å². The Morgan fingerprint density at radius 3 is 2.89 bits per heavy atom. The lowest BCUT2D eigenvalue weighted by molar-refractivity contribution is 0.561. The molecular weight excluding hydrogens is 234 g/mol. The number of imidazole rings is 1. The zero-order valence-corrected chi connectivity index (χ0v) is 11.6. The molecule has 2 aromatic rings. The van der Waals surface area contributed by atoms with Crippen molar-refractivity contribution in [2.75, 3.05) is 0 Å². The lowest BCUT2D eigenvalue weighted by atomic mass is 10.1. The number of aromatic nitrogens is 2. The van der Waals surface area contributed by atoms with Crippen LogP contribution in [0.5, 0.6) is 0 Å². The molecule has 3 nitrogen and oxygen atoms in total.